The molecule has 1 aromatic carbocycles. The standard InChI is InChI=1S/C18H18BrN5O/c19-13-7-8-14(16-12(13)6-3-9-21-16)25-18-15(20)17(22-10-23-18)24-11-4-1-2-5-11/h3,6-11H,1-2,4-5,20H2,(H,22,23,24). The van der Waals surface area contributed by atoms with Gasteiger partial charge in [-0.15, -0.1) is 0 Å². The molecule has 3 aromatic rings. The van der Waals surface area contributed by atoms with Gasteiger partial charge in [0.15, 0.2) is 11.6 Å². The molecule has 2 heterocycles. The zero-order chi connectivity index (χ0) is 17.2. The molecule has 6 nitrogen and oxygen atoms in total. The Morgan fingerprint density at radius 3 is 2.80 bits per heavy atom. The Bertz CT molecular complexity index is 911. The number of rotatable bonds is 4. The van der Waals surface area contributed by atoms with Gasteiger partial charge < -0.3 is 15.8 Å². The molecule has 1 aliphatic rings. The smallest absolute Gasteiger partial charge is 0.248 e. The number of ether oxygens (including phenoxy) is 1. The molecule has 1 saturated carbocycles. The van der Waals surface area contributed by atoms with Crippen LogP contribution in [-0.2, 0) is 0 Å². The number of benzene rings is 1. The first-order valence-corrected chi connectivity index (χ1v) is 9.10. The van der Waals surface area contributed by atoms with E-state index in [0.717, 1.165) is 28.2 Å². The topological polar surface area (TPSA) is 86.0 Å². The second-order valence-electron chi connectivity index (χ2n) is 6.11. The van der Waals surface area contributed by atoms with Crippen LogP contribution in [0.15, 0.2) is 41.3 Å². The van der Waals surface area contributed by atoms with Gasteiger partial charge in [-0.25, -0.2) is 4.98 Å². The maximum atomic E-state index is 6.24. The molecule has 0 aliphatic heterocycles. The second-order valence-corrected chi connectivity index (χ2v) is 6.97. The molecule has 7 heteroatoms. The molecule has 1 aliphatic carbocycles. The minimum absolute atomic E-state index is 0.338. The number of fused-ring (bicyclic) bond motifs is 1. The van der Waals surface area contributed by atoms with Gasteiger partial charge in [-0.1, -0.05) is 34.8 Å². The van der Waals surface area contributed by atoms with Crippen molar-refractivity contribution in [2.24, 2.45) is 0 Å². The zero-order valence-electron chi connectivity index (χ0n) is 13.6. The van der Waals surface area contributed by atoms with E-state index in [0.29, 0.717) is 29.2 Å². The van der Waals surface area contributed by atoms with Crippen LogP contribution in [0.3, 0.4) is 0 Å². The van der Waals surface area contributed by atoms with Gasteiger partial charge >= 0.3 is 0 Å². The van der Waals surface area contributed by atoms with Crippen molar-refractivity contribution in [3.05, 3.63) is 41.3 Å². The third-order valence-corrected chi connectivity index (χ3v) is 5.12. The molecule has 1 fully saturated rings. The van der Waals surface area contributed by atoms with Gasteiger partial charge in [-0.05, 0) is 31.0 Å². The maximum absolute atomic E-state index is 6.24. The lowest BCUT2D eigenvalue weighted by Crippen LogP contribution is -2.17. The van der Waals surface area contributed by atoms with Crippen LogP contribution in [-0.4, -0.2) is 21.0 Å². The summed E-state index contributed by atoms with van der Waals surface area (Å²) in [5.74, 6) is 1.58. The molecule has 25 heavy (non-hydrogen) atoms. The highest BCUT2D eigenvalue weighted by Gasteiger charge is 2.19. The Kier molecular flexibility index (Phi) is 4.40. The number of nitrogens with two attached hydrogens (primary N) is 1. The van der Waals surface area contributed by atoms with Crippen molar-refractivity contribution in [1.82, 2.24) is 15.0 Å². The van der Waals surface area contributed by atoms with Crippen LogP contribution in [0.4, 0.5) is 11.5 Å². The molecular weight excluding hydrogens is 382 g/mol. The highest BCUT2D eigenvalue weighted by atomic mass is 79.9. The maximum Gasteiger partial charge on any atom is 0.248 e. The number of aromatic nitrogens is 3. The van der Waals surface area contributed by atoms with Gasteiger partial charge in [-0.3, -0.25) is 4.98 Å². The van der Waals surface area contributed by atoms with Crippen molar-refractivity contribution in [3.63, 3.8) is 0 Å². The molecular formula is C18H18BrN5O. The molecule has 4 rings (SSSR count). The monoisotopic (exact) mass is 399 g/mol. The van der Waals surface area contributed by atoms with Crippen molar-refractivity contribution in [3.8, 4) is 11.6 Å². The molecule has 0 radical (unpaired) electrons. The Balaban J connectivity index is 1.66. The normalized spacial score (nSPS) is 14.8. The molecule has 0 spiro atoms. The average molecular weight is 400 g/mol. The summed E-state index contributed by atoms with van der Waals surface area (Å²) in [5.41, 5.74) is 7.41. The van der Waals surface area contributed by atoms with Crippen molar-refractivity contribution in [2.75, 3.05) is 11.1 Å². The zero-order valence-corrected chi connectivity index (χ0v) is 15.2. The van der Waals surface area contributed by atoms with E-state index in [2.05, 4.69) is 36.2 Å². The van der Waals surface area contributed by atoms with E-state index in [9.17, 15) is 0 Å². The Morgan fingerprint density at radius 1 is 1.12 bits per heavy atom. The summed E-state index contributed by atoms with van der Waals surface area (Å²) >= 11 is 3.54. The summed E-state index contributed by atoms with van der Waals surface area (Å²) in [4.78, 5) is 12.9. The van der Waals surface area contributed by atoms with Gasteiger partial charge in [0, 0.05) is 22.1 Å². The lowest BCUT2D eigenvalue weighted by Gasteiger charge is -2.16. The van der Waals surface area contributed by atoms with Gasteiger partial charge in [0.2, 0.25) is 5.88 Å². The number of nitrogens with one attached hydrogen (secondary N) is 1. The number of nitrogen functional groups attached to an aromatic ring is 1. The first-order chi connectivity index (χ1) is 12.2. The van der Waals surface area contributed by atoms with Crippen molar-refractivity contribution in [2.45, 2.75) is 31.7 Å². The predicted molar refractivity (Wildman–Crippen MR) is 102 cm³/mol. The first-order valence-electron chi connectivity index (χ1n) is 8.30. The van der Waals surface area contributed by atoms with Crippen molar-refractivity contribution >= 4 is 38.3 Å². The lowest BCUT2D eigenvalue weighted by molar-refractivity contribution is 0.468. The van der Waals surface area contributed by atoms with Gasteiger partial charge in [0.1, 0.15) is 17.5 Å². The highest BCUT2D eigenvalue weighted by Crippen LogP contribution is 2.35. The van der Waals surface area contributed by atoms with Crippen molar-refractivity contribution in [1.29, 1.82) is 0 Å². The molecule has 0 amide bonds. The minimum Gasteiger partial charge on any atom is -0.435 e. The summed E-state index contributed by atoms with van der Waals surface area (Å²) in [7, 11) is 0. The van der Waals surface area contributed by atoms with Gasteiger partial charge in [-0.2, -0.15) is 4.98 Å². The summed E-state index contributed by atoms with van der Waals surface area (Å²) < 4.78 is 6.94. The molecule has 0 saturated heterocycles. The number of nitrogens with zero attached hydrogens (tertiary/aromatic N) is 3. The highest BCUT2D eigenvalue weighted by molar-refractivity contribution is 9.10. The minimum atomic E-state index is 0.338. The Morgan fingerprint density at radius 2 is 1.96 bits per heavy atom. The lowest BCUT2D eigenvalue weighted by atomic mass is 10.2. The van der Waals surface area contributed by atoms with E-state index in [1.807, 2.05) is 24.3 Å². The van der Waals surface area contributed by atoms with Crippen LogP contribution in [0.25, 0.3) is 10.9 Å². The third kappa shape index (κ3) is 3.24. The van der Waals surface area contributed by atoms with Crippen LogP contribution >= 0.6 is 15.9 Å². The number of hydrogen-bond acceptors (Lipinski definition) is 6. The first kappa shape index (κ1) is 16.1. The summed E-state index contributed by atoms with van der Waals surface area (Å²) in [6.45, 7) is 0. The van der Waals surface area contributed by atoms with Gasteiger partial charge in [0.25, 0.3) is 0 Å². The number of anilines is 2. The van der Waals surface area contributed by atoms with Gasteiger partial charge in [0.05, 0.1) is 0 Å². The predicted octanol–water partition coefficient (Wildman–Crippen LogP) is 4.52. The molecule has 0 atom stereocenters. The third-order valence-electron chi connectivity index (χ3n) is 4.43. The van der Waals surface area contributed by atoms with Crippen LogP contribution in [0.2, 0.25) is 0 Å². The molecule has 2 aromatic heterocycles. The van der Waals surface area contributed by atoms with E-state index in [4.69, 9.17) is 10.5 Å². The number of hydrogen-bond donors (Lipinski definition) is 2. The quantitative estimate of drug-likeness (QED) is 0.670. The number of halogens is 1. The summed E-state index contributed by atoms with van der Waals surface area (Å²) in [5, 5.41) is 4.37. The van der Waals surface area contributed by atoms with Crippen LogP contribution in [0.1, 0.15) is 25.7 Å². The Labute approximate surface area is 154 Å². The SMILES string of the molecule is Nc1c(NC2CCCC2)ncnc1Oc1ccc(Br)c2cccnc12. The molecule has 3 N–H and O–H groups in total. The fourth-order valence-electron chi connectivity index (χ4n) is 3.14. The Hall–Kier alpha value is -2.41. The van der Waals surface area contributed by atoms with Crippen molar-refractivity contribution < 1.29 is 4.74 Å². The summed E-state index contributed by atoms with van der Waals surface area (Å²) in [6.07, 6.45) is 7.96. The van der Waals surface area contributed by atoms with E-state index < -0.39 is 0 Å². The molecule has 0 bridgehead atoms. The molecule has 0 unspecified atom stereocenters. The molecule has 128 valence electrons. The van der Waals surface area contributed by atoms with E-state index in [1.54, 1.807) is 6.20 Å². The second kappa shape index (κ2) is 6.84. The van der Waals surface area contributed by atoms with E-state index >= 15 is 0 Å². The average Bonchev–Trinajstić information content (AvgIpc) is 3.14. The fourth-order valence-corrected chi connectivity index (χ4v) is 3.59. The van der Waals surface area contributed by atoms with Crippen LogP contribution < -0.4 is 15.8 Å². The summed E-state index contributed by atoms with van der Waals surface area (Å²) in [6, 6.07) is 8.06. The van der Waals surface area contributed by atoms with E-state index in [-0.39, 0.29) is 0 Å². The van der Waals surface area contributed by atoms with E-state index in [1.165, 1.54) is 19.2 Å². The fraction of sp³-hybridized carbons (Fsp3) is 0.278. The van der Waals surface area contributed by atoms with Crippen LogP contribution in [0, 0.1) is 0 Å². The number of pyridine rings is 1. The van der Waals surface area contributed by atoms with Crippen LogP contribution in [0.5, 0.6) is 11.6 Å². The largest absolute Gasteiger partial charge is 0.435 e.